The van der Waals surface area contributed by atoms with Crippen molar-refractivity contribution >= 4 is 17.5 Å². The predicted octanol–water partition coefficient (Wildman–Crippen LogP) is 2.61. The van der Waals surface area contributed by atoms with Gasteiger partial charge in [-0.15, -0.1) is 0 Å². The maximum Gasteiger partial charge on any atom is 0.253 e. The van der Waals surface area contributed by atoms with Crippen molar-refractivity contribution in [3.8, 4) is 0 Å². The van der Waals surface area contributed by atoms with Gasteiger partial charge in [-0.3, -0.25) is 14.3 Å². The quantitative estimate of drug-likeness (QED) is 0.723. The molecule has 7 nitrogen and oxygen atoms in total. The summed E-state index contributed by atoms with van der Waals surface area (Å²) in [7, 11) is 0. The van der Waals surface area contributed by atoms with Gasteiger partial charge < -0.3 is 15.1 Å². The molecule has 1 unspecified atom stereocenters. The Morgan fingerprint density at radius 1 is 1.20 bits per heavy atom. The van der Waals surface area contributed by atoms with Gasteiger partial charge >= 0.3 is 0 Å². The van der Waals surface area contributed by atoms with E-state index in [-0.39, 0.29) is 18.4 Å². The number of para-hydroxylation sites is 1. The van der Waals surface area contributed by atoms with E-state index in [1.165, 1.54) is 0 Å². The summed E-state index contributed by atoms with van der Waals surface area (Å²) < 4.78 is 6.74. The number of nitrogens with one attached hydrogen (secondary N) is 2. The van der Waals surface area contributed by atoms with Crippen LogP contribution in [0.5, 0.6) is 0 Å². The zero-order valence-corrected chi connectivity index (χ0v) is 13.7. The minimum absolute atomic E-state index is 0.255. The van der Waals surface area contributed by atoms with Crippen molar-refractivity contribution in [2.75, 3.05) is 5.32 Å². The number of amides is 2. The van der Waals surface area contributed by atoms with Crippen molar-refractivity contribution in [2.45, 2.75) is 19.5 Å². The van der Waals surface area contributed by atoms with Crippen molar-refractivity contribution < 1.29 is 14.0 Å². The van der Waals surface area contributed by atoms with Crippen molar-refractivity contribution in [1.29, 1.82) is 0 Å². The largest absolute Gasteiger partial charge is 0.467 e. The summed E-state index contributed by atoms with van der Waals surface area (Å²) in [5.74, 6) is 0.108. The summed E-state index contributed by atoms with van der Waals surface area (Å²) >= 11 is 0. The molecule has 2 N–H and O–H groups in total. The monoisotopic (exact) mass is 338 g/mol. The molecule has 0 saturated carbocycles. The zero-order valence-electron chi connectivity index (χ0n) is 13.7. The van der Waals surface area contributed by atoms with Crippen LogP contribution in [0.2, 0.25) is 0 Å². The van der Waals surface area contributed by atoms with Crippen LogP contribution < -0.4 is 10.6 Å². The fourth-order valence-corrected chi connectivity index (χ4v) is 2.33. The van der Waals surface area contributed by atoms with Crippen LogP contribution in [-0.2, 0) is 11.3 Å². The summed E-state index contributed by atoms with van der Waals surface area (Å²) in [4.78, 5) is 24.8. The van der Waals surface area contributed by atoms with Gasteiger partial charge in [0.15, 0.2) is 0 Å². The molecule has 0 fully saturated rings. The molecular formula is C18H18N4O3. The van der Waals surface area contributed by atoms with Gasteiger partial charge in [0.2, 0.25) is 5.91 Å². The van der Waals surface area contributed by atoms with Crippen LogP contribution >= 0.6 is 0 Å². The number of anilines is 1. The van der Waals surface area contributed by atoms with E-state index in [9.17, 15) is 9.59 Å². The highest BCUT2D eigenvalue weighted by Crippen LogP contribution is 2.17. The van der Waals surface area contributed by atoms with Gasteiger partial charge in [-0.1, -0.05) is 12.1 Å². The van der Waals surface area contributed by atoms with E-state index in [4.69, 9.17) is 4.42 Å². The van der Waals surface area contributed by atoms with Crippen molar-refractivity contribution in [1.82, 2.24) is 15.1 Å². The average Bonchev–Trinajstić information content (AvgIpc) is 3.33. The molecule has 0 aliphatic heterocycles. The maximum absolute atomic E-state index is 12.4. The number of carbonyl (C=O) groups excluding carboxylic acids is 2. The molecule has 0 aliphatic carbocycles. The molecule has 0 radical (unpaired) electrons. The normalized spacial score (nSPS) is 11.7. The Morgan fingerprint density at radius 3 is 2.76 bits per heavy atom. The molecule has 2 aromatic heterocycles. The Bertz CT molecular complexity index is 841. The first-order chi connectivity index (χ1) is 12.1. The Balaban J connectivity index is 1.69. The SMILES string of the molecule is CC(C(=O)Nc1ccccc1C(=O)NCc1ccco1)n1cccn1. The van der Waals surface area contributed by atoms with Gasteiger partial charge in [-0.2, -0.15) is 5.10 Å². The maximum atomic E-state index is 12.4. The standard InChI is InChI=1S/C18H18N4O3/c1-13(22-10-5-9-20-22)17(23)21-16-8-3-2-7-15(16)18(24)19-12-14-6-4-11-25-14/h2-11,13H,12H2,1H3,(H,19,24)(H,21,23). The summed E-state index contributed by atoms with van der Waals surface area (Å²) in [6, 6.07) is 11.6. The molecule has 128 valence electrons. The van der Waals surface area contributed by atoms with Gasteiger partial charge in [-0.05, 0) is 37.3 Å². The smallest absolute Gasteiger partial charge is 0.253 e. The fraction of sp³-hybridized carbons (Fsp3) is 0.167. The van der Waals surface area contributed by atoms with E-state index in [1.807, 2.05) is 0 Å². The fourth-order valence-electron chi connectivity index (χ4n) is 2.33. The second kappa shape index (κ2) is 7.48. The highest BCUT2D eigenvalue weighted by Gasteiger charge is 2.18. The van der Waals surface area contributed by atoms with Crippen LogP contribution in [0, 0.1) is 0 Å². The molecule has 1 atom stereocenters. The molecule has 25 heavy (non-hydrogen) atoms. The van der Waals surface area contributed by atoms with Gasteiger partial charge in [0, 0.05) is 12.4 Å². The minimum Gasteiger partial charge on any atom is -0.467 e. The number of rotatable bonds is 6. The van der Waals surface area contributed by atoms with E-state index >= 15 is 0 Å². The lowest BCUT2D eigenvalue weighted by Crippen LogP contribution is -2.27. The first-order valence-electron chi connectivity index (χ1n) is 7.85. The van der Waals surface area contributed by atoms with Crippen molar-refractivity contribution in [3.63, 3.8) is 0 Å². The molecule has 0 aliphatic rings. The molecule has 3 rings (SSSR count). The lowest BCUT2D eigenvalue weighted by Gasteiger charge is -2.15. The summed E-state index contributed by atoms with van der Waals surface area (Å²) in [5, 5.41) is 9.62. The number of furan rings is 1. The summed E-state index contributed by atoms with van der Waals surface area (Å²) in [5.41, 5.74) is 0.832. The Kier molecular flexibility index (Phi) is 4.94. The molecular weight excluding hydrogens is 320 g/mol. The zero-order chi connectivity index (χ0) is 17.6. The van der Waals surface area contributed by atoms with Crippen LogP contribution in [0.25, 0.3) is 0 Å². The highest BCUT2D eigenvalue weighted by atomic mass is 16.3. The predicted molar refractivity (Wildman–Crippen MR) is 91.9 cm³/mol. The Hall–Kier alpha value is -3.35. The lowest BCUT2D eigenvalue weighted by atomic mass is 10.1. The third kappa shape index (κ3) is 3.95. The van der Waals surface area contributed by atoms with Crippen LogP contribution in [0.1, 0.15) is 29.1 Å². The molecule has 2 heterocycles. The topological polar surface area (TPSA) is 89.2 Å². The second-order valence-electron chi connectivity index (χ2n) is 5.46. The molecule has 3 aromatic rings. The van der Waals surface area contributed by atoms with E-state index in [1.54, 1.807) is 72.7 Å². The molecule has 1 aromatic carbocycles. The van der Waals surface area contributed by atoms with Gasteiger partial charge in [-0.25, -0.2) is 0 Å². The van der Waals surface area contributed by atoms with Crippen LogP contribution in [-0.4, -0.2) is 21.6 Å². The molecule has 0 saturated heterocycles. The van der Waals surface area contributed by atoms with Gasteiger partial charge in [0.25, 0.3) is 5.91 Å². The van der Waals surface area contributed by atoms with Crippen molar-refractivity contribution in [3.05, 3.63) is 72.4 Å². The number of aromatic nitrogens is 2. The molecule has 7 heteroatoms. The number of carbonyl (C=O) groups is 2. The van der Waals surface area contributed by atoms with E-state index in [0.29, 0.717) is 17.0 Å². The Morgan fingerprint density at radius 2 is 2.04 bits per heavy atom. The highest BCUT2D eigenvalue weighted by molar-refractivity contribution is 6.04. The molecule has 0 spiro atoms. The third-order valence-electron chi connectivity index (χ3n) is 3.73. The molecule has 2 amide bonds. The average molecular weight is 338 g/mol. The van der Waals surface area contributed by atoms with E-state index < -0.39 is 6.04 Å². The first kappa shape index (κ1) is 16.5. The number of benzene rings is 1. The summed E-state index contributed by atoms with van der Waals surface area (Å²) in [6.45, 7) is 2.01. The van der Waals surface area contributed by atoms with Crippen LogP contribution in [0.3, 0.4) is 0 Å². The van der Waals surface area contributed by atoms with Crippen LogP contribution in [0.4, 0.5) is 5.69 Å². The van der Waals surface area contributed by atoms with E-state index in [0.717, 1.165) is 0 Å². The van der Waals surface area contributed by atoms with Crippen molar-refractivity contribution in [2.24, 2.45) is 0 Å². The van der Waals surface area contributed by atoms with E-state index in [2.05, 4.69) is 15.7 Å². The summed E-state index contributed by atoms with van der Waals surface area (Å²) in [6.07, 6.45) is 4.87. The van der Waals surface area contributed by atoms with Gasteiger partial charge in [0.05, 0.1) is 24.1 Å². The lowest BCUT2D eigenvalue weighted by molar-refractivity contribution is -0.119. The number of hydrogen-bond donors (Lipinski definition) is 2. The number of nitrogens with zero attached hydrogens (tertiary/aromatic N) is 2. The second-order valence-corrected chi connectivity index (χ2v) is 5.46. The third-order valence-corrected chi connectivity index (χ3v) is 3.73. The number of hydrogen-bond acceptors (Lipinski definition) is 4. The Labute approximate surface area is 144 Å². The first-order valence-corrected chi connectivity index (χ1v) is 7.85. The molecule has 0 bridgehead atoms. The van der Waals surface area contributed by atoms with Gasteiger partial charge in [0.1, 0.15) is 11.8 Å². The van der Waals surface area contributed by atoms with Crippen LogP contribution in [0.15, 0.2) is 65.5 Å². The minimum atomic E-state index is -0.491.